The predicted octanol–water partition coefficient (Wildman–Crippen LogP) is 5.32. The molecule has 0 atom stereocenters. The standard InChI is InChI=1S/C24H25ClN4O2S/c1-16(30)26-14-17-10-12-18(13-11-17)22(31)15-32-24-28-27-23(20-8-4-5-9-21(20)25)29(24)19-6-2-3-7-19/h4-5,8-13,19H,2-3,6-7,14-15H2,1H3,(H,26,30). The lowest BCUT2D eigenvalue weighted by Gasteiger charge is -2.17. The molecular formula is C24H25ClN4O2S. The van der Waals surface area contributed by atoms with Crippen molar-refractivity contribution in [2.45, 2.75) is 50.4 Å². The Morgan fingerprint density at radius 3 is 2.50 bits per heavy atom. The molecule has 1 heterocycles. The monoisotopic (exact) mass is 468 g/mol. The summed E-state index contributed by atoms with van der Waals surface area (Å²) in [6.45, 7) is 1.93. The second-order valence-corrected chi connectivity index (χ2v) is 9.26. The Morgan fingerprint density at radius 1 is 1.09 bits per heavy atom. The first-order valence-corrected chi connectivity index (χ1v) is 12.1. The molecule has 0 saturated heterocycles. The SMILES string of the molecule is CC(=O)NCc1ccc(C(=O)CSc2nnc(-c3ccccc3Cl)n2C2CCCC2)cc1. The van der Waals surface area contributed by atoms with Crippen LogP contribution in [0.25, 0.3) is 11.4 Å². The molecule has 0 unspecified atom stereocenters. The van der Waals surface area contributed by atoms with E-state index in [-0.39, 0.29) is 17.4 Å². The largest absolute Gasteiger partial charge is 0.352 e. The molecule has 1 aliphatic rings. The quantitative estimate of drug-likeness (QED) is 0.357. The van der Waals surface area contributed by atoms with Crippen LogP contribution in [-0.2, 0) is 11.3 Å². The van der Waals surface area contributed by atoms with Gasteiger partial charge in [0, 0.05) is 30.6 Å². The van der Waals surface area contributed by atoms with Crippen LogP contribution in [-0.4, -0.2) is 32.2 Å². The van der Waals surface area contributed by atoms with Crippen LogP contribution < -0.4 is 5.32 Å². The minimum atomic E-state index is -0.0795. The Kier molecular flexibility index (Phi) is 7.27. The number of nitrogens with one attached hydrogen (secondary N) is 1. The number of aromatic nitrogens is 3. The highest BCUT2D eigenvalue weighted by Crippen LogP contribution is 2.38. The molecule has 166 valence electrons. The summed E-state index contributed by atoms with van der Waals surface area (Å²) < 4.78 is 2.17. The van der Waals surface area contributed by atoms with Crippen molar-refractivity contribution in [3.05, 3.63) is 64.7 Å². The van der Waals surface area contributed by atoms with Crippen molar-refractivity contribution in [3.8, 4) is 11.4 Å². The zero-order valence-electron chi connectivity index (χ0n) is 17.9. The molecule has 1 aromatic heterocycles. The maximum Gasteiger partial charge on any atom is 0.217 e. The van der Waals surface area contributed by atoms with E-state index in [2.05, 4.69) is 20.1 Å². The number of hydrogen-bond acceptors (Lipinski definition) is 5. The first kappa shape index (κ1) is 22.6. The van der Waals surface area contributed by atoms with Gasteiger partial charge in [0.1, 0.15) is 0 Å². The molecule has 1 amide bonds. The highest BCUT2D eigenvalue weighted by Gasteiger charge is 2.26. The summed E-state index contributed by atoms with van der Waals surface area (Å²) >= 11 is 7.86. The van der Waals surface area contributed by atoms with Crippen LogP contribution in [0, 0.1) is 0 Å². The molecule has 0 bridgehead atoms. The topological polar surface area (TPSA) is 76.9 Å². The lowest BCUT2D eigenvalue weighted by Crippen LogP contribution is -2.18. The molecule has 0 spiro atoms. The van der Waals surface area contributed by atoms with Gasteiger partial charge in [-0.2, -0.15) is 0 Å². The second-order valence-electron chi connectivity index (χ2n) is 7.91. The van der Waals surface area contributed by atoms with Gasteiger partial charge in [-0.25, -0.2) is 0 Å². The van der Waals surface area contributed by atoms with E-state index < -0.39 is 0 Å². The molecule has 32 heavy (non-hydrogen) atoms. The van der Waals surface area contributed by atoms with Crippen LogP contribution in [0.5, 0.6) is 0 Å². The van der Waals surface area contributed by atoms with Gasteiger partial charge in [0.05, 0.1) is 10.8 Å². The van der Waals surface area contributed by atoms with Gasteiger partial charge >= 0.3 is 0 Å². The summed E-state index contributed by atoms with van der Waals surface area (Å²) in [5.74, 6) is 0.989. The van der Waals surface area contributed by atoms with Crippen LogP contribution in [0.15, 0.2) is 53.7 Å². The molecule has 3 aromatic rings. The van der Waals surface area contributed by atoms with E-state index in [1.807, 2.05) is 36.4 Å². The van der Waals surface area contributed by atoms with Crippen LogP contribution in [0.3, 0.4) is 0 Å². The molecule has 4 rings (SSSR count). The highest BCUT2D eigenvalue weighted by atomic mass is 35.5. The normalized spacial score (nSPS) is 13.9. The van der Waals surface area contributed by atoms with Crippen LogP contribution in [0.2, 0.25) is 5.02 Å². The Balaban J connectivity index is 1.50. The van der Waals surface area contributed by atoms with E-state index in [1.54, 1.807) is 12.1 Å². The van der Waals surface area contributed by atoms with Crippen molar-refractivity contribution in [2.75, 3.05) is 5.75 Å². The number of carbonyl (C=O) groups is 2. The molecule has 1 fully saturated rings. The molecule has 8 heteroatoms. The number of hydrogen-bond donors (Lipinski definition) is 1. The Bertz CT molecular complexity index is 1110. The van der Waals surface area contributed by atoms with E-state index in [0.29, 0.717) is 23.2 Å². The number of carbonyl (C=O) groups excluding carboxylic acids is 2. The minimum Gasteiger partial charge on any atom is -0.352 e. The lowest BCUT2D eigenvalue weighted by atomic mass is 10.1. The molecule has 1 saturated carbocycles. The fraction of sp³-hybridized carbons (Fsp3) is 0.333. The number of nitrogens with zero attached hydrogens (tertiary/aromatic N) is 3. The predicted molar refractivity (Wildman–Crippen MR) is 127 cm³/mol. The summed E-state index contributed by atoms with van der Waals surface area (Å²) in [5.41, 5.74) is 2.46. The Labute approximate surface area is 196 Å². The van der Waals surface area contributed by atoms with Gasteiger partial charge in [-0.3, -0.25) is 14.2 Å². The van der Waals surface area contributed by atoms with Crippen molar-refractivity contribution >= 4 is 35.1 Å². The van der Waals surface area contributed by atoms with Gasteiger partial charge in [-0.15, -0.1) is 10.2 Å². The van der Waals surface area contributed by atoms with Gasteiger partial charge in [0.2, 0.25) is 5.91 Å². The highest BCUT2D eigenvalue weighted by molar-refractivity contribution is 7.99. The molecule has 0 radical (unpaired) electrons. The van der Waals surface area contributed by atoms with Crippen molar-refractivity contribution < 1.29 is 9.59 Å². The summed E-state index contributed by atoms with van der Waals surface area (Å²) in [6, 6.07) is 15.3. The zero-order valence-corrected chi connectivity index (χ0v) is 19.5. The van der Waals surface area contributed by atoms with E-state index >= 15 is 0 Å². The molecule has 0 aliphatic heterocycles. The number of ketones is 1. The molecule has 1 N–H and O–H groups in total. The van der Waals surface area contributed by atoms with E-state index in [9.17, 15) is 9.59 Å². The third-order valence-corrected chi connectivity index (χ3v) is 6.89. The third kappa shape index (κ3) is 5.22. The van der Waals surface area contributed by atoms with Crippen LogP contribution in [0.4, 0.5) is 0 Å². The number of amides is 1. The van der Waals surface area contributed by atoms with Crippen molar-refractivity contribution in [3.63, 3.8) is 0 Å². The molecule has 2 aromatic carbocycles. The van der Waals surface area contributed by atoms with E-state index in [0.717, 1.165) is 34.9 Å². The van der Waals surface area contributed by atoms with E-state index in [4.69, 9.17) is 11.6 Å². The number of thioether (sulfide) groups is 1. The van der Waals surface area contributed by atoms with Gasteiger partial charge in [-0.1, -0.05) is 72.6 Å². The number of Topliss-reactive ketones (excluding diaryl/α,β-unsaturated/α-hetero) is 1. The molecular weight excluding hydrogens is 444 g/mol. The maximum absolute atomic E-state index is 12.8. The summed E-state index contributed by atoms with van der Waals surface area (Å²) in [7, 11) is 0. The smallest absolute Gasteiger partial charge is 0.217 e. The average Bonchev–Trinajstić information content (AvgIpc) is 3.46. The van der Waals surface area contributed by atoms with Gasteiger partial charge in [0.15, 0.2) is 16.8 Å². The van der Waals surface area contributed by atoms with E-state index in [1.165, 1.54) is 31.5 Å². The number of halogens is 1. The summed E-state index contributed by atoms with van der Waals surface area (Å²) in [4.78, 5) is 23.8. The van der Waals surface area contributed by atoms with Gasteiger partial charge < -0.3 is 5.32 Å². The summed E-state index contributed by atoms with van der Waals surface area (Å²) in [5, 5.41) is 13.0. The van der Waals surface area contributed by atoms with Crippen molar-refractivity contribution in [1.82, 2.24) is 20.1 Å². The van der Waals surface area contributed by atoms with Crippen molar-refractivity contribution in [1.29, 1.82) is 0 Å². The second kappa shape index (κ2) is 10.3. The summed E-state index contributed by atoms with van der Waals surface area (Å²) in [6.07, 6.45) is 4.51. The molecule has 1 aliphatic carbocycles. The fourth-order valence-corrected chi connectivity index (χ4v) is 5.06. The van der Waals surface area contributed by atoms with Gasteiger partial charge in [-0.05, 0) is 30.5 Å². The zero-order chi connectivity index (χ0) is 22.5. The fourth-order valence-electron chi connectivity index (χ4n) is 3.94. The number of rotatable bonds is 8. The Hall–Kier alpha value is -2.64. The molecule has 6 nitrogen and oxygen atoms in total. The van der Waals surface area contributed by atoms with Crippen molar-refractivity contribution in [2.24, 2.45) is 0 Å². The van der Waals surface area contributed by atoms with Crippen LogP contribution in [0.1, 0.15) is 54.6 Å². The lowest BCUT2D eigenvalue weighted by molar-refractivity contribution is -0.119. The average molecular weight is 469 g/mol. The maximum atomic E-state index is 12.8. The third-order valence-electron chi connectivity index (χ3n) is 5.62. The van der Waals surface area contributed by atoms with Gasteiger partial charge in [0.25, 0.3) is 0 Å². The first-order valence-electron chi connectivity index (χ1n) is 10.7. The number of benzene rings is 2. The minimum absolute atomic E-state index is 0.0290. The van der Waals surface area contributed by atoms with Crippen LogP contribution >= 0.6 is 23.4 Å². The Morgan fingerprint density at radius 2 is 1.81 bits per heavy atom. The first-order chi connectivity index (χ1) is 15.5.